The van der Waals surface area contributed by atoms with Crippen LogP contribution in [0.25, 0.3) is 11.1 Å². The van der Waals surface area contributed by atoms with Crippen molar-refractivity contribution in [1.29, 1.82) is 0 Å². The zero-order valence-corrected chi connectivity index (χ0v) is 22.5. The monoisotopic (exact) mass is 519 g/mol. The number of piperazine rings is 1. The van der Waals surface area contributed by atoms with E-state index in [1.165, 1.54) is 0 Å². The maximum absolute atomic E-state index is 13.4. The van der Waals surface area contributed by atoms with Crippen molar-refractivity contribution in [2.24, 2.45) is 7.05 Å². The Morgan fingerprint density at radius 3 is 2.55 bits per heavy atom. The Kier molecular flexibility index (Phi) is 8.70. The molecule has 0 saturated carbocycles. The zero-order valence-electron chi connectivity index (χ0n) is 22.5. The number of aryl methyl sites for hydroxylation is 2. The molecule has 9 nitrogen and oxygen atoms in total. The van der Waals surface area contributed by atoms with E-state index in [9.17, 15) is 9.59 Å². The van der Waals surface area contributed by atoms with Crippen LogP contribution in [0.1, 0.15) is 44.9 Å². The highest BCUT2D eigenvalue weighted by Crippen LogP contribution is 2.30. The number of carbonyl (C=O) groups excluding carboxylic acids is 2. The maximum Gasteiger partial charge on any atom is 0.267 e. The largest absolute Gasteiger partial charge is 0.497 e. The highest BCUT2D eigenvalue weighted by Gasteiger charge is 2.19. The summed E-state index contributed by atoms with van der Waals surface area (Å²) in [6.45, 7) is 7.67. The first-order valence-corrected chi connectivity index (χ1v) is 12.9. The number of benzene rings is 2. The SMILES string of the molecule is COc1cc(-c2cc(C(=O)NCCO)n(C)c2)cc(C(C)NC(=O)c2cc(N3CCNCC3)ccc2C)c1. The molecule has 1 aromatic heterocycles. The number of ether oxygens (including phenoxy) is 1. The lowest BCUT2D eigenvalue weighted by molar-refractivity contribution is 0.0930. The summed E-state index contributed by atoms with van der Waals surface area (Å²) in [5, 5.41) is 18.2. The van der Waals surface area contributed by atoms with Gasteiger partial charge in [0.05, 0.1) is 19.8 Å². The molecule has 0 radical (unpaired) electrons. The average molecular weight is 520 g/mol. The van der Waals surface area contributed by atoms with Crippen molar-refractivity contribution in [3.05, 3.63) is 71.0 Å². The first-order valence-electron chi connectivity index (χ1n) is 12.9. The Hall–Kier alpha value is -3.82. The van der Waals surface area contributed by atoms with Crippen molar-refractivity contribution in [3.63, 3.8) is 0 Å². The van der Waals surface area contributed by atoms with Gasteiger partial charge in [0.2, 0.25) is 0 Å². The van der Waals surface area contributed by atoms with Crippen molar-refractivity contribution < 1.29 is 19.4 Å². The van der Waals surface area contributed by atoms with Gasteiger partial charge in [-0.25, -0.2) is 0 Å². The number of amides is 2. The predicted octanol–water partition coefficient (Wildman–Crippen LogP) is 2.63. The smallest absolute Gasteiger partial charge is 0.267 e. The van der Waals surface area contributed by atoms with Crippen LogP contribution >= 0.6 is 0 Å². The molecule has 0 bridgehead atoms. The fourth-order valence-electron chi connectivity index (χ4n) is 4.70. The van der Waals surface area contributed by atoms with Gasteiger partial charge < -0.3 is 35.3 Å². The van der Waals surface area contributed by atoms with Crippen LogP contribution in [0, 0.1) is 6.92 Å². The lowest BCUT2D eigenvalue weighted by Gasteiger charge is -2.30. The van der Waals surface area contributed by atoms with E-state index in [0.717, 1.165) is 54.1 Å². The molecule has 38 heavy (non-hydrogen) atoms. The topological polar surface area (TPSA) is 108 Å². The minimum absolute atomic E-state index is 0.120. The molecule has 1 aliphatic heterocycles. The van der Waals surface area contributed by atoms with E-state index in [1.807, 2.05) is 50.4 Å². The average Bonchev–Trinajstić information content (AvgIpc) is 3.33. The molecule has 9 heteroatoms. The van der Waals surface area contributed by atoms with Gasteiger partial charge in [0.25, 0.3) is 11.8 Å². The Labute approximate surface area is 223 Å². The third-order valence-corrected chi connectivity index (χ3v) is 6.93. The van der Waals surface area contributed by atoms with Crippen LogP contribution < -0.4 is 25.6 Å². The maximum atomic E-state index is 13.4. The van der Waals surface area contributed by atoms with Gasteiger partial charge in [-0.3, -0.25) is 9.59 Å². The fraction of sp³-hybridized carbons (Fsp3) is 0.379. The second-order valence-corrected chi connectivity index (χ2v) is 9.63. The summed E-state index contributed by atoms with van der Waals surface area (Å²) >= 11 is 0. The number of carbonyl (C=O) groups is 2. The molecular weight excluding hydrogens is 482 g/mol. The number of nitrogens with one attached hydrogen (secondary N) is 3. The highest BCUT2D eigenvalue weighted by molar-refractivity contribution is 5.97. The van der Waals surface area contributed by atoms with Crippen LogP contribution in [-0.4, -0.2) is 67.9 Å². The van der Waals surface area contributed by atoms with Gasteiger partial charge in [-0.05, 0) is 66.9 Å². The predicted molar refractivity (Wildman–Crippen MR) is 149 cm³/mol. The summed E-state index contributed by atoms with van der Waals surface area (Å²) in [6, 6.07) is 13.4. The van der Waals surface area contributed by atoms with Gasteiger partial charge in [-0.15, -0.1) is 0 Å². The second-order valence-electron chi connectivity index (χ2n) is 9.63. The number of aliphatic hydroxyl groups excluding tert-OH is 1. The lowest BCUT2D eigenvalue weighted by atomic mass is 10.00. The number of hydrogen-bond donors (Lipinski definition) is 4. The number of hydrogen-bond acceptors (Lipinski definition) is 6. The highest BCUT2D eigenvalue weighted by atomic mass is 16.5. The van der Waals surface area contributed by atoms with Crippen molar-refractivity contribution >= 4 is 17.5 Å². The normalized spacial score (nSPS) is 14.2. The fourth-order valence-corrected chi connectivity index (χ4v) is 4.70. The Morgan fingerprint density at radius 1 is 1.08 bits per heavy atom. The van der Waals surface area contributed by atoms with Crippen molar-refractivity contribution in [3.8, 4) is 16.9 Å². The molecule has 4 rings (SSSR count). The van der Waals surface area contributed by atoms with Gasteiger partial charge >= 0.3 is 0 Å². The molecular formula is C29H37N5O4. The van der Waals surface area contributed by atoms with E-state index >= 15 is 0 Å². The molecule has 2 aromatic carbocycles. The Bertz CT molecular complexity index is 1300. The summed E-state index contributed by atoms with van der Waals surface area (Å²) in [6.07, 6.45) is 1.88. The summed E-state index contributed by atoms with van der Waals surface area (Å²) in [7, 11) is 3.41. The molecule has 1 unspecified atom stereocenters. The van der Waals surface area contributed by atoms with E-state index in [2.05, 4.69) is 26.9 Å². The minimum atomic E-state index is -0.283. The molecule has 1 aliphatic rings. The molecule has 3 aromatic rings. The van der Waals surface area contributed by atoms with Gasteiger partial charge in [-0.2, -0.15) is 0 Å². The van der Waals surface area contributed by atoms with Crippen LogP contribution in [0.15, 0.2) is 48.7 Å². The van der Waals surface area contributed by atoms with E-state index in [1.54, 1.807) is 24.8 Å². The second kappa shape index (κ2) is 12.1. The minimum Gasteiger partial charge on any atom is -0.497 e. The van der Waals surface area contributed by atoms with E-state index in [4.69, 9.17) is 9.84 Å². The van der Waals surface area contributed by atoms with Crippen LogP contribution in [0.2, 0.25) is 0 Å². The molecule has 1 saturated heterocycles. The first-order chi connectivity index (χ1) is 18.3. The Balaban J connectivity index is 1.56. The molecule has 4 N–H and O–H groups in total. The van der Waals surface area contributed by atoms with Gasteiger partial charge in [0.15, 0.2) is 0 Å². The summed E-state index contributed by atoms with van der Waals surface area (Å²) in [5.41, 5.74) is 5.74. The van der Waals surface area contributed by atoms with Crippen molar-refractivity contribution in [2.75, 3.05) is 51.3 Å². The van der Waals surface area contributed by atoms with Crippen LogP contribution in [-0.2, 0) is 7.05 Å². The van der Waals surface area contributed by atoms with E-state index in [-0.39, 0.29) is 31.0 Å². The van der Waals surface area contributed by atoms with Crippen molar-refractivity contribution in [1.82, 2.24) is 20.5 Å². The number of anilines is 1. The zero-order chi connectivity index (χ0) is 27.2. The van der Waals surface area contributed by atoms with Crippen LogP contribution in [0.4, 0.5) is 5.69 Å². The molecule has 0 aliphatic carbocycles. The molecule has 1 fully saturated rings. The molecule has 2 heterocycles. The molecule has 0 spiro atoms. The quantitative estimate of drug-likeness (QED) is 0.346. The first kappa shape index (κ1) is 27.2. The van der Waals surface area contributed by atoms with Gasteiger partial charge in [0, 0.05) is 62.8 Å². The third kappa shape index (κ3) is 6.17. The third-order valence-electron chi connectivity index (χ3n) is 6.93. The number of aliphatic hydroxyl groups is 1. The van der Waals surface area contributed by atoms with Gasteiger partial charge in [0.1, 0.15) is 11.4 Å². The Morgan fingerprint density at radius 2 is 1.84 bits per heavy atom. The van der Waals surface area contributed by atoms with Crippen LogP contribution in [0.3, 0.4) is 0 Å². The summed E-state index contributed by atoms with van der Waals surface area (Å²) in [4.78, 5) is 28.1. The molecule has 202 valence electrons. The molecule has 1 atom stereocenters. The van der Waals surface area contributed by atoms with Crippen molar-refractivity contribution in [2.45, 2.75) is 19.9 Å². The van der Waals surface area contributed by atoms with Crippen LogP contribution in [0.5, 0.6) is 5.75 Å². The molecule has 2 amide bonds. The summed E-state index contributed by atoms with van der Waals surface area (Å²) in [5.74, 6) is 0.277. The van der Waals surface area contributed by atoms with E-state index in [0.29, 0.717) is 17.0 Å². The lowest BCUT2D eigenvalue weighted by Crippen LogP contribution is -2.43. The number of nitrogens with zero attached hydrogens (tertiary/aromatic N) is 2. The van der Waals surface area contributed by atoms with E-state index < -0.39 is 0 Å². The standard InChI is InChI=1S/C29H37N5O4/c1-19-5-6-24(34-10-7-30-8-11-34)17-26(19)28(36)32-20(2)21-13-22(15-25(14-21)38-4)23-16-27(33(3)18-23)29(37)31-9-12-35/h5-6,13-18,20,30,35H,7-12H2,1-4H3,(H,31,37)(H,32,36). The number of aromatic nitrogens is 1. The number of rotatable bonds is 9. The number of methoxy groups -OCH3 is 1. The van der Waals surface area contributed by atoms with Gasteiger partial charge in [-0.1, -0.05) is 6.07 Å². The summed E-state index contributed by atoms with van der Waals surface area (Å²) < 4.78 is 7.31.